The fourth-order valence-corrected chi connectivity index (χ4v) is 4.63. The highest BCUT2D eigenvalue weighted by Crippen LogP contribution is 2.27. The van der Waals surface area contributed by atoms with Crippen molar-refractivity contribution in [3.8, 4) is 0 Å². The van der Waals surface area contributed by atoms with Crippen LogP contribution >= 0.6 is 0 Å². The number of benzene rings is 2. The van der Waals surface area contributed by atoms with Crippen molar-refractivity contribution >= 4 is 16.6 Å². The highest BCUT2D eigenvalue weighted by molar-refractivity contribution is 5.86. The zero-order valence-corrected chi connectivity index (χ0v) is 19.3. The van der Waals surface area contributed by atoms with Gasteiger partial charge in [0.15, 0.2) is 0 Å². The molecule has 2 N–H and O–H groups in total. The van der Waals surface area contributed by atoms with Crippen molar-refractivity contribution in [2.24, 2.45) is 0 Å². The molecule has 2 heteroatoms. The third-order valence-corrected chi connectivity index (χ3v) is 6.11. The predicted molar refractivity (Wildman–Crippen MR) is 135 cm³/mol. The van der Waals surface area contributed by atoms with Crippen molar-refractivity contribution in [1.29, 1.82) is 0 Å². The first kappa shape index (κ1) is 21.2. The largest absolute Gasteiger partial charge is 0.378 e. The number of aromatic nitrogens is 1. The lowest BCUT2D eigenvalue weighted by atomic mass is 9.96. The molecule has 1 atom stereocenters. The van der Waals surface area contributed by atoms with Gasteiger partial charge in [-0.05, 0) is 80.0 Å². The fourth-order valence-electron chi connectivity index (χ4n) is 4.63. The number of fused-ring (bicyclic) bond motifs is 1. The van der Waals surface area contributed by atoms with E-state index >= 15 is 0 Å². The first-order chi connectivity index (χ1) is 15.0. The number of hydrogen-bond acceptors (Lipinski definition) is 1. The molecule has 1 aliphatic rings. The van der Waals surface area contributed by atoms with Crippen LogP contribution < -0.4 is 5.32 Å². The molecule has 0 saturated heterocycles. The standard InChI is InChI=1S/C29H34N2/c1-5-8-24-11-7-12-27-25(19-30-29(24)27)18-28(23-10-6-9-20(2)13-14-23)31-26-16-21(3)15-22(4)17-26/h6-7,10-17,19,28,30-31H,5,8-9,18H2,1-4H3. The second-order valence-electron chi connectivity index (χ2n) is 8.97. The molecular weight excluding hydrogens is 376 g/mol. The summed E-state index contributed by atoms with van der Waals surface area (Å²) in [6, 6.07) is 13.6. The van der Waals surface area contributed by atoms with E-state index in [0.29, 0.717) is 0 Å². The molecule has 0 amide bonds. The first-order valence-electron chi connectivity index (χ1n) is 11.5. The van der Waals surface area contributed by atoms with Gasteiger partial charge in [-0.15, -0.1) is 0 Å². The highest BCUT2D eigenvalue weighted by atomic mass is 14.9. The van der Waals surface area contributed by atoms with Crippen LogP contribution in [0.15, 0.2) is 78.0 Å². The number of anilines is 1. The fraction of sp³-hybridized carbons (Fsp3) is 0.310. The molecule has 0 spiro atoms. The number of rotatable bonds is 7. The van der Waals surface area contributed by atoms with E-state index < -0.39 is 0 Å². The number of aromatic amines is 1. The van der Waals surface area contributed by atoms with Crippen molar-refractivity contribution in [2.75, 3.05) is 5.32 Å². The van der Waals surface area contributed by atoms with E-state index in [1.165, 1.54) is 50.0 Å². The molecule has 0 aliphatic heterocycles. The summed E-state index contributed by atoms with van der Waals surface area (Å²) >= 11 is 0. The van der Waals surface area contributed by atoms with Crippen LogP contribution in [0.25, 0.3) is 10.9 Å². The monoisotopic (exact) mass is 410 g/mol. The number of para-hydroxylation sites is 1. The van der Waals surface area contributed by atoms with E-state index in [1.807, 2.05) is 0 Å². The van der Waals surface area contributed by atoms with Gasteiger partial charge in [0.05, 0.1) is 6.04 Å². The van der Waals surface area contributed by atoms with E-state index in [-0.39, 0.29) is 6.04 Å². The molecular formula is C29H34N2. The summed E-state index contributed by atoms with van der Waals surface area (Å²) in [4.78, 5) is 3.57. The van der Waals surface area contributed by atoms with Gasteiger partial charge in [-0.2, -0.15) is 0 Å². The number of H-pyrrole nitrogens is 1. The van der Waals surface area contributed by atoms with Crippen molar-refractivity contribution in [2.45, 2.75) is 59.4 Å². The van der Waals surface area contributed by atoms with Crippen LogP contribution in [0.1, 0.15) is 48.9 Å². The molecule has 0 saturated carbocycles. The van der Waals surface area contributed by atoms with Crippen molar-refractivity contribution < 1.29 is 0 Å². The van der Waals surface area contributed by atoms with Crippen LogP contribution in [0.4, 0.5) is 5.69 Å². The number of hydrogen-bond donors (Lipinski definition) is 2. The molecule has 2 aromatic carbocycles. The smallest absolute Gasteiger partial charge is 0.0554 e. The van der Waals surface area contributed by atoms with E-state index in [0.717, 1.165) is 25.7 Å². The van der Waals surface area contributed by atoms with Gasteiger partial charge in [0.25, 0.3) is 0 Å². The Morgan fingerprint density at radius 1 is 1.00 bits per heavy atom. The van der Waals surface area contributed by atoms with Crippen LogP contribution in [-0.4, -0.2) is 11.0 Å². The predicted octanol–water partition coefficient (Wildman–Crippen LogP) is 7.59. The van der Waals surface area contributed by atoms with E-state index in [9.17, 15) is 0 Å². The number of aryl methyl sites for hydroxylation is 3. The minimum atomic E-state index is 0.202. The van der Waals surface area contributed by atoms with Gasteiger partial charge in [-0.25, -0.2) is 0 Å². The van der Waals surface area contributed by atoms with Gasteiger partial charge in [0.2, 0.25) is 0 Å². The van der Waals surface area contributed by atoms with Crippen molar-refractivity contribution in [3.05, 3.63) is 100 Å². The average molecular weight is 411 g/mol. The summed E-state index contributed by atoms with van der Waals surface area (Å²) in [5.74, 6) is 0. The Hall–Kier alpha value is -3.00. The lowest BCUT2D eigenvalue weighted by Crippen LogP contribution is -2.24. The van der Waals surface area contributed by atoms with Gasteiger partial charge in [0.1, 0.15) is 0 Å². The summed E-state index contributed by atoms with van der Waals surface area (Å²) in [7, 11) is 0. The molecule has 0 fully saturated rings. The molecule has 0 bridgehead atoms. The van der Waals surface area contributed by atoms with Crippen LogP contribution in [0.5, 0.6) is 0 Å². The molecule has 1 aliphatic carbocycles. The summed E-state index contributed by atoms with van der Waals surface area (Å²) in [5, 5.41) is 5.20. The molecule has 4 rings (SSSR count). The molecule has 160 valence electrons. The second-order valence-corrected chi connectivity index (χ2v) is 8.97. The average Bonchev–Trinajstić information content (AvgIpc) is 3.00. The van der Waals surface area contributed by atoms with Crippen LogP contribution in [-0.2, 0) is 12.8 Å². The van der Waals surface area contributed by atoms with Crippen molar-refractivity contribution in [3.63, 3.8) is 0 Å². The Morgan fingerprint density at radius 2 is 1.81 bits per heavy atom. The topological polar surface area (TPSA) is 27.8 Å². The van der Waals surface area contributed by atoms with Gasteiger partial charge in [-0.1, -0.05) is 67.5 Å². The lowest BCUT2D eigenvalue weighted by molar-refractivity contribution is 0.837. The second kappa shape index (κ2) is 9.43. The normalized spacial score (nSPS) is 14.8. The quantitative estimate of drug-likeness (QED) is 0.412. The Labute approximate surface area is 186 Å². The third-order valence-electron chi connectivity index (χ3n) is 6.11. The van der Waals surface area contributed by atoms with Gasteiger partial charge >= 0.3 is 0 Å². The number of nitrogens with one attached hydrogen (secondary N) is 2. The van der Waals surface area contributed by atoms with Gasteiger partial charge in [0, 0.05) is 22.8 Å². The molecule has 2 nitrogen and oxygen atoms in total. The maximum Gasteiger partial charge on any atom is 0.0554 e. The Balaban J connectivity index is 1.71. The highest BCUT2D eigenvalue weighted by Gasteiger charge is 2.17. The van der Waals surface area contributed by atoms with E-state index in [1.54, 1.807) is 0 Å². The molecule has 1 heterocycles. The lowest BCUT2D eigenvalue weighted by Gasteiger charge is -2.22. The third kappa shape index (κ3) is 5.02. The summed E-state index contributed by atoms with van der Waals surface area (Å²) < 4.78 is 0. The first-order valence-corrected chi connectivity index (χ1v) is 11.5. The molecule has 0 radical (unpaired) electrons. The van der Waals surface area contributed by atoms with Crippen LogP contribution in [0, 0.1) is 13.8 Å². The molecule has 1 aromatic heterocycles. The summed E-state index contributed by atoms with van der Waals surface area (Å²) in [6.45, 7) is 8.77. The van der Waals surface area contributed by atoms with Crippen LogP contribution in [0.2, 0.25) is 0 Å². The maximum absolute atomic E-state index is 3.85. The summed E-state index contributed by atoms with van der Waals surface area (Å²) in [5.41, 5.74) is 10.6. The zero-order valence-electron chi connectivity index (χ0n) is 19.3. The van der Waals surface area contributed by atoms with Gasteiger partial charge in [-0.3, -0.25) is 0 Å². The van der Waals surface area contributed by atoms with Gasteiger partial charge < -0.3 is 10.3 Å². The molecule has 3 aromatic rings. The van der Waals surface area contributed by atoms with Crippen molar-refractivity contribution in [1.82, 2.24) is 4.98 Å². The number of allylic oxidation sites excluding steroid dienone is 4. The molecule has 1 unspecified atom stereocenters. The minimum absolute atomic E-state index is 0.202. The Bertz CT molecular complexity index is 1140. The van der Waals surface area contributed by atoms with Crippen LogP contribution in [0.3, 0.4) is 0 Å². The summed E-state index contributed by atoms with van der Waals surface area (Å²) in [6.07, 6.45) is 15.6. The molecule has 31 heavy (non-hydrogen) atoms. The van der Waals surface area contributed by atoms with E-state index in [4.69, 9.17) is 0 Å². The minimum Gasteiger partial charge on any atom is -0.378 e. The SMILES string of the molecule is CCCc1cccc2c(CC(Nc3cc(C)cc(C)c3)C3=CC=C(C)CC=C3)c[nH]c12. The van der Waals surface area contributed by atoms with E-state index in [2.05, 4.69) is 105 Å². The Morgan fingerprint density at radius 3 is 2.58 bits per heavy atom. The maximum atomic E-state index is 3.85. The zero-order chi connectivity index (χ0) is 21.8. The Kier molecular flexibility index (Phi) is 6.46.